The van der Waals surface area contributed by atoms with Crippen LogP contribution in [0.4, 0.5) is 0 Å². The van der Waals surface area contributed by atoms with Crippen molar-refractivity contribution in [2.75, 3.05) is 26.3 Å². The average molecular weight is 508 g/mol. The van der Waals surface area contributed by atoms with Crippen LogP contribution in [0.2, 0.25) is 0 Å². The highest BCUT2D eigenvalue weighted by Crippen LogP contribution is 2.69. The topological polar surface area (TPSA) is 21.7 Å². The summed E-state index contributed by atoms with van der Waals surface area (Å²) in [6.07, 6.45) is 16.5. The van der Waals surface area contributed by atoms with Gasteiger partial charge in [-0.15, -0.1) is 0 Å². The third kappa shape index (κ3) is 2.91. The number of ether oxygens (including phenoxy) is 2. The molecule has 0 N–H and O–H groups in total. The number of fused-ring (bicyclic) bond motifs is 2. The second-order valence-electron chi connectivity index (χ2n) is 14.4. The lowest BCUT2D eigenvalue weighted by Crippen LogP contribution is -2.55. The van der Waals surface area contributed by atoms with Crippen molar-refractivity contribution in [3.8, 4) is 0 Å². The lowest BCUT2D eigenvalue weighted by molar-refractivity contribution is -0.142. The van der Waals surface area contributed by atoms with Crippen molar-refractivity contribution in [2.24, 2.45) is 16.7 Å². The summed E-state index contributed by atoms with van der Waals surface area (Å²) in [5, 5.41) is 2.74. The van der Waals surface area contributed by atoms with Crippen molar-refractivity contribution < 1.29 is 9.47 Å². The lowest BCUT2D eigenvalue weighted by atomic mass is 9.58. The molecule has 198 valence electrons. The Bertz CT molecular complexity index is 1390. The van der Waals surface area contributed by atoms with Crippen LogP contribution in [-0.4, -0.2) is 48.4 Å². The van der Waals surface area contributed by atoms with E-state index in [2.05, 4.69) is 66.4 Å². The molecule has 4 aliphatic heterocycles. The van der Waals surface area contributed by atoms with Crippen molar-refractivity contribution in [1.29, 1.82) is 0 Å². The van der Waals surface area contributed by atoms with Gasteiger partial charge in [0.15, 0.2) is 0 Å². The molecule has 38 heavy (non-hydrogen) atoms. The van der Waals surface area contributed by atoms with Crippen LogP contribution in [0.3, 0.4) is 0 Å². The molecule has 3 aliphatic carbocycles. The van der Waals surface area contributed by atoms with Gasteiger partial charge in [-0.05, 0) is 109 Å². The SMILES string of the molecule is C[C@]12CC=C3C=C4CC[C@@H](N5CCC6(COC6)C5)C[C@]45CCC3(O5)[C@@H]1CC[C@@H]2c1ccc2ccccc2c1. The molecule has 1 unspecified atom stereocenters. The molecule has 3 heteroatoms. The second-order valence-corrected chi connectivity index (χ2v) is 14.4. The Kier molecular flexibility index (Phi) is 4.58. The van der Waals surface area contributed by atoms with Crippen molar-refractivity contribution in [1.82, 2.24) is 4.90 Å². The van der Waals surface area contributed by atoms with Gasteiger partial charge in [0.2, 0.25) is 0 Å². The van der Waals surface area contributed by atoms with E-state index in [9.17, 15) is 0 Å². The van der Waals surface area contributed by atoms with E-state index < -0.39 is 0 Å². The first-order valence-electron chi connectivity index (χ1n) is 15.4. The van der Waals surface area contributed by atoms with E-state index in [1.165, 1.54) is 81.6 Å². The minimum absolute atomic E-state index is 0.00852. The van der Waals surface area contributed by atoms with Crippen LogP contribution in [0.5, 0.6) is 0 Å². The molecule has 2 bridgehead atoms. The smallest absolute Gasteiger partial charge is 0.0974 e. The fraction of sp³-hybridized carbons (Fsp3) is 0.600. The Hall–Kier alpha value is -1.94. The van der Waals surface area contributed by atoms with E-state index >= 15 is 0 Å². The largest absolute Gasteiger partial charge is 0.380 e. The Morgan fingerprint density at radius 3 is 2.68 bits per heavy atom. The summed E-state index contributed by atoms with van der Waals surface area (Å²) < 4.78 is 13.2. The van der Waals surface area contributed by atoms with Crippen LogP contribution in [0.25, 0.3) is 10.8 Å². The maximum Gasteiger partial charge on any atom is 0.0974 e. The van der Waals surface area contributed by atoms with Crippen LogP contribution in [0.1, 0.15) is 76.2 Å². The number of rotatable bonds is 2. The van der Waals surface area contributed by atoms with Gasteiger partial charge in [-0.25, -0.2) is 0 Å². The average Bonchev–Trinajstić information content (AvgIpc) is 3.61. The fourth-order valence-corrected chi connectivity index (χ4v) is 10.6. The number of benzene rings is 2. The Balaban J connectivity index is 1.03. The Morgan fingerprint density at radius 1 is 0.947 bits per heavy atom. The second kappa shape index (κ2) is 7.62. The van der Waals surface area contributed by atoms with Crippen molar-refractivity contribution in [2.45, 2.75) is 87.9 Å². The van der Waals surface area contributed by atoms with E-state index in [1.807, 2.05) is 0 Å². The quantitative estimate of drug-likeness (QED) is 0.430. The molecule has 2 saturated carbocycles. The van der Waals surface area contributed by atoms with Crippen molar-refractivity contribution in [3.05, 3.63) is 71.3 Å². The summed E-state index contributed by atoms with van der Waals surface area (Å²) in [6.45, 7) is 7.08. The van der Waals surface area contributed by atoms with E-state index in [4.69, 9.17) is 9.47 Å². The molecule has 3 saturated heterocycles. The summed E-state index contributed by atoms with van der Waals surface area (Å²) >= 11 is 0. The standard InChI is InChI=1S/C35H41NO2/c1-32-13-12-28-19-27-8-9-29(36-17-16-33(21-36)22-37-23-33)20-34(27)14-15-35(28,38-34)31(32)11-10-30(32)26-7-6-24-4-2-3-5-25(24)18-26/h2-7,12,18-19,29-31H,8-11,13-17,20-23H2,1H3/t29-,30-,31-,32-,34-,35?/m1/s1. The van der Waals surface area contributed by atoms with Gasteiger partial charge < -0.3 is 9.47 Å². The molecule has 7 aliphatic rings. The number of likely N-dealkylation sites (tertiary alicyclic amines) is 1. The van der Waals surface area contributed by atoms with Crippen molar-refractivity contribution >= 4 is 10.8 Å². The first kappa shape index (κ1) is 22.8. The highest BCUT2D eigenvalue weighted by molar-refractivity contribution is 5.83. The minimum atomic E-state index is -0.0575. The predicted molar refractivity (Wildman–Crippen MR) is 151 cm³/mol. The molecule has 0 aromatic heterocycles. The highest BCUT2D eigenvalue weighted by atomic mass is 16.5. The molecule has 3 nitrogen and oxygen atoms in total. The first-order valence-corrected chi connectivity index (χ1v) is 15.4. The molecule has 4 heterocycles. The summed E-state index contributed by atoms with van der Waals surface area (Å²) in [4.78, 5) is 2.82. The molecule has 6 atom stereocenters. The molecule has 0 amide bonds. The highest BCUT2D eigenvalue weighted by Gasteiger charge is 2.66. The van der Waals surface area contributed by atoms with E-state index in [0.29, 0.717) is 23.3 Å². The Morgan fingerprint density at radius 2 is 1.84 bits per heavy atom. The predicted octanol–water partition coefficient (Wildman–Crippen LogP) is 7.17. The van der Waals surface area contributed by atoms with Crippen LogP contribution < -0.4 is 0 Å². The normalized spacial score (nSPS) is 42.8. The first-order chi connectivity index (χ1) is 18.5. The molecule has 3 spiro atoms. The number of nitrogens with zero attached hydrogens (tertiary/aromatic N) is 1. The number of hydrogen-bond acceptors (Lipinski definition) is 3. The van der Waals surface area contributed by atoms with Gasteiger partial charge in [-0.1, -0.05) is 61.5 Å². The van der Waals surface area contributed by atoms with Crippen LogP contribution in [0, 0.1) is 16.7 Å². The zero-order valence-corrected chi connectivity index (χ0v) is 22.9. The van der Waals surface area contributed by atoms with Gasteiger partial charge in [0.25, 0.3) is 0 Å². The molecule has 9 rings (SSSR count). The van der Waals surface area contributed by atoms with Gasteiger partial charge in [0.1, 0.15) is 0 Å². The number of allylic oxidation sites excluding steroid dienone is 1. The summed E-state index contributed by atoms with van der Waals surface area (Å²) in [5.41, 5.74) is 5.39. The van der Waals surface area contributed by atoms with Crippen molar-refractivity contribution in [3.63, 3.8) is 0 Å². The third-order valence-corrected chi connectivity index (χ3v) is 12.6. The van der Waals surface area contributed by atoms with E-state index in [1.54, 1.807) is 16.7 Å². The van der Waals surface area contributed by atoms with E-state index in [0.717, 1.165) is 13.2 Å². The summed E-state index contributed by atoms with van der Waals surface area (Å²) in [5.74, 6) is 1.23. The maximum atomic E-state index is 7.61. The maximum absolute atomic E-state index is 7.61. The van der Waals surface area contributed by atoms with Crippen LogP contribution >= 0.6 is 0 Å². The fourth-order valence-electron chi connectivity index (χ4n) is 10.6. The number of hydrogen-bond donors (Lipinski definition) is 0. The van der Waals surface area contributed by atoms with Crippen LogP contribution in [-0.2, 0) is 9.47 Å². The molecular formula is C35H41NO2. The van der Waals surface area contributed by atoms with Gasteiger partial charge in [0.05, 0.1) is 24.4 Å². The van der Waals surface area contributed by atoms with Crippen LogP contribution in [0.15, 0.2) is 65.8 Å². The zero-order chi connectivity index (χ0) is 25.2. The molecule has 5 fully saturated rings. The monoisotopic (exact) mass is 507 g/mol. The Labute approximate surface area is 227 Å². The molecule has 2 aromatic carbocycles. The zero-order valence-electron chi connectivity index (χ0n) is 22.9. The third-order valence-electron chi connectivity index (χ3n) is 12.6. The summed E-state index contributed by atoms with van der Waals surface area (Å²) in [6, 6.07) is 16.8. The van der Waals surface area contributed by atoms with E-state index in [-0.39, 0.29) is 16.6 Å². The van der Waals surface area contributed by atoms with Gasteiger partial charge in [0, 0.05) is 18.0 Å². The minimum Gasteiger partial charge on any atom is -0.380 e. The van der Waals surface area contributed by atoms with Gasteiger partial charge in [-0.2, -0.15) is 0 Å². The molecule has 0 radical (unpaired) electrons. The summed E-state index contributed by atoms with van der Waals surface area (Å²) in [7, 11) is 0. The van der Waals surface area contributed by atoms with Gasteiger partial charge in [-0.3, -0.25) is 4.90 Å². The van der Waals surface area contributed by atoms with Gasteiger partial charge >= 0.3 is 0 Å². The lowest BCUT2D eigenvalue weighted by Gasteiger charge is -2.55. The molecular weight excluding hydrogens is 466 g/mol. The molecule has 2 aromatic rings.